The van der Waals surface area contributed by atoms with E-state index in [1.807, 2.05) is 43.3 Å². The van der Waals surface area contributed by atoms with Gasteiger partial charge in [0.1, 0.15) is 24.7 Å². The molecule has 1 atom stereocenters. The number of carbonyl (C=O) groups is 2. The van der Waals surface area contributed by atoms with Crippen LogP contribution in [0, 0.1) is 0 Å². The number of benzene rings is 2. The molecule has 0 spiro atoms. The first-order valence-corrected chi connectivity index (χ1v) is 12.0. The Morgan fingerprint density at radius 1 is 1.09 bits per heavy atom. The molecule has 1 fully saturated rings. The Labute approximate surface area is 205 Å². The first-order chi connectivity index (χ1) is 16.9. The lowest BCUT2D eigenvalue weighted by Crippen LogP contribution is -2.35. The maximum absolute atomic E-state index is 13.2. The third kappa shape index (κ3) is 5.27. The third-order valence-corrected chi connectivity index (χ3v) is 6.11. The van der Waals surface area contributed by atoms with Crippen LogP contribution in [0.5, 0.6) is 17.2 Å². The van der Waals surface area contributed by atoms with E-state index in [4.69, 9.17) is 14.2 Å². The molecule has 35 heavy (non-hydrogen) atoms. The van der Waals surface area contributed by atoms with Crippen molar-refractivity contribution >= 4 is 17.4 Å². The van der Waals surface area contributed by atoms with E-state index in [0.717, 1.165) is 24.2 Å². The van der Waals surface area contributed by atoms with Crippen LogP contribution in [-0.4, -0.2) is 73.6 Å². The van der Waals surface area contributed by atoms with Gasteiger partial charge in [0.25, 0.3) is 11.7 Å². The molecule has 8 nitrogen and oxygen atoms in total. The molecule has 1 amide bonds. The lowest BCUT2D eigenvalue weighted by molar-refractivity contribution is -0.140. The second-order valence-electron chi connectivity index (χ2n) is 8.93. The molecule has 1 saturated heterocycles. The van der Waals surface area contributed by atoms with E-state index in [2.05, 4.69) is 6.92 Å². The minimum atomic E-state index is -0.715. The van der Waals surface area contributed by atoms with Crippen molar-refractivity contribution in [1.29, 1.82) is 0 Å². The summed E-state index contributed by atoms with van der Waals surface area (Å²) in [5, 5.41) is 11.3. The molecule has 4 rings (SSSR count). The van der Waals surface area contributed by atoms with Gasteiger partial charge in [0.2, 0.25) is 0 Å². The summed E-state index contributed by atoms with van der Waals surface area (Å²) in [5.74, 6) is 0.227. The molecule has 0 bridgehead atoms. The number of aliphatic hydroxyl groups excluding tert-OH is 1. The average molecular weight is 481 g/mol. The van der Waals surface area contributed by atoms with Gasteiger partial charge >= 0.3 is 0 Å². The SMILES string of the molecule is CCCCOc1ccc(C2/C(=C(/O)c3ccc4c(c3)OCCO4)C(=O)C(=O)N2CCN(C)C)cc1. The van der Waals surface area contributed by atoms with E-state index in [-0.39, 0.29) is 11.3 Å². The van der Waals surface area contributed by atoms with Gasteiger partial charge in [-0.1, -0.05) is 25.5 Å². The first kappa shape index (κ1) is 24.6. The molecule has 2 aliphatic rings. The summed E-state index contributed by atoms with van der Waals surface area (Å²) >= 11 is 0. The van der Waals surface area contributed by atoms with Crippen molar-refractivity contribution in [3.8, 4) is 17.2 Å². The normalized spacial score (nSPS) is 18.9. The molecule has 186 valence electrons. The van der Waals surface area contributed by atoms with Crippen molar-refractivity contribution in [3.63, 3.8) is 0 Å². The minimum Gasteiger partial charge on any atom is -0.507 e. The van der Waals surface area contributed by atoms with Crippen molar-refractivity contribution < 1.29 is 28.9 Å². The fraction of sp³-hybridized carbons (Fsp3) is 0.407. The number of aliphatic hydroxyl groups is 1. The van der Waals surface area contributed by atoms with Crippen LogP contribution in [0.1, 0.15) is 36.9 Å². The van der Waals surface area contributed by atoms with Gasteiger partial charge in [-0.05, 0) is 56.4 Å². The van der Waals surface area contributed by atoms with Gasteiger partial charge in [0.15, 0.2) is 11.5 Å². The van der Waals surface area contributed by atoms with Gasteiger partial charge < -0.3 is 29.1 Å². The molecule has 2 aliphatic heterocycles. The van der Waals surface area contributed by atoms with E-state index >= 15 is 0 Å². The summed E-state index contributed by atoms with van der Waals surface area (Å²) in [6, 6.07) is 11.6. The van der Waals surface area contributed by atoms with Gasteiger partial charge in [-0.15, -0.1) is 0 Å². The van der Waals surface area contributed by atoms with Gasteiger partial charge in [-0.2, -0.15) is 0 Å². The van der Waals surface area contributed by atoms with E-state index in [1.165, 1.54) is 4.90 Å². The van der Waals surface area contributed by atoms with Gasteiger partial charge in [0, 0.05) is 18.7 Å². The zero-order chi connectivity index (χ0) is 24.9. The highest BCUT2D eigenvalue weighted by Crippen LogP contribution is 2.41. The molecule has 0 radical (unpaired) electrons. The Morgan fingerprint density at radius 3 is 2.49 bits per heavy atom. The van der Waals surface area contributed by atoms with Crippen molar-refractivity contribution in [1.82, 2.24) is 9.80 Å². The lowest BCUT2D eigenvalue weighted by atomic mass is 9.95. The Bertz CT molecular complexity index is 1110. The number of rotatable bonds is 9. The van der Waals surface area contributed by atoms with Crippen molar-refractivity contribution in [2.24, 2.45) is 0 Å². The number of Topliss-reactive ketones (excluding diaryl/α,β-unsaturated/α-hetero) is 1. The number of carbonyl (C=O) groups excluding carboxylic acids is 2. The van der Waals surface area contributed by atoms with Crippen molar-refractivity contribution in [3.05, 3.63) is 59.2 Å². The largest absolute Gasteiger partial charge is 0.507 e. The van der Waals surface area contributed by atoms with Gasteiger partial charge in [0.05, 0.1) is 18.2 Å². The molecular formula is C27H32N2O6. The van der Waals surface area contributed by atoms with Crippen LogP contribution < -0.4 is 14.2 Å². The number of hydrogen-bond acceptors (Lipinski definition) is 7. The number of unbranched alkanes of at least 4 members (excludes halogenated alkanes) is 1. The van der Waals surface area contributed by atoms with Gasteiger partial charge in [-0.3, -0.25) is 9.59 Å². The van der Waals surface area contributed by atoms with Crippen LogP contribution >= 0.6 is 0 Å². The summed E-state index contributed by atoms with van der Waals surface area (Å²) in [4.78, 5) is 29.7. The van der Waals surface area contributed by atoms with Gasteiger partial charge in [-0.25, -0.2) is 0 Å². The monoisotopic (exact) mass is 480 g/mol. The molecule has 0 aliphatic carbocycles. The average Bonchev–Trinajstić information content (AvgIpc) is 3.12. The predicted molar refractivity (Wildman–Crippen MR) is 132 cm³/mol. The van der Waals surface area contributed by atoms with Crippen LogP contribution in [0.15, 0.2) is 48.0 Å². The maximum atomic E-state index is 13.2. The Morgan fingerprint density at radius 2 is 1.80 bits per heavy atom. The number of likely N-dealkylation sites (tertiary alicyclic amines) is 1. The number of fused-ring (bicyclic) bond motifs is 1. The number of ether oxygens (including phenoxy) is 3. The summed E-state index contributed by atoms with van der Waals surface area (Å²) in [6.07, 6.45) is 2.00. The molecule has 2 aromatic carbocycles. The van der Waals surface area contributed by atoms with Crippen LogP contribution in [0.25, 0.3) is 5.76 Å². The highest BCUT2D eigenvalue weighted by atomic mass is 16.6. The topological polar surface area (TPSA) is 88.5 Å². The second-order valence-corrected chi connectivity index (χ2v) is 8.93. The van der Waals surface area contributed by atoms with E-state index in [0.29, 0.717) is 50.0 Å². The third-order valence-electron chi connectivity index (χ3n) is 6.11. The van der Waals surface area contributed by atoms with Crippen molar-refractivity contribution in [2.75, 3.05) is 47.0 Å². The van der Waals surface area contributed by atoms with Crippen LogP contribution in [-0.2, 0) is 9.59 Å². The zero-order valence-electron chi connectivity index (χ0n) is 20.5. The molecule has 0 aromatic heterocycles. The first-order valence-electron chi connectivity index (χ1n) is 12.0. The van der Waals surface area contributed by atoms with E-state index < -0.39 is 17.7 Å². The molecular weight excluding hydrogens is 448 g/mol. The number of nitrogens with zero attached hydrogens (tertiary/aromatic N) is 2. The van der Waals surface area contributed by atoms with Crippen LogP contribution in [0.4, 0.5) is 0 Å². The molecule has 0 saturated carbocycles. The molecule has 8 heteroatoms. The number of likely N-dealkylation sites (N-methyl/N-ethyl adjacent to an activating group) is 1. The lowest BCUT2D eigenvalue weighted by Gasteiger charge is -2.27. The highest BCUT2D eigenvalue weighted by molar-refractivity contribution is 6.46. The van der Waals surface area contributed by atoms with E-state index in [1.54, 1.807) is 18.2 Å². The minimum absolute atomic E-state index is 0.0603. The summed E-state index contributed by atoms with van der Waals surface area (Å²) in [5.41, 5.74) is 1.18. The Balaban J connectivity index is 1.73. The van der Waals surface area contributed by atoms with Crippen molar-refractivity contribution in [2.45, 2.75) is 25.8 Å². The molecule has 1 N–H and O–H groups in total. The fourth-order valence-corrected chi connectivity index (χ4v) is 4.19. The zero-order valence-corrected chi connectivity index (χ0v) is 20.5. The summed E-state index contributed by atoms with van der Waals surface area (Å²) < 4.78 is 17.0. The number of amides is 1. The highest BCUT2D eigenvalue weighted by Gasteiger charge is 2.46. The predicted octanol–water partition coefficient (Wildman–Crippen LogP) is 3.62. The fourth-order valence-electron chi connectivity index (χ4n) is 4.19. The molecule has 2 aromatic rings. The smallest absolute Gasteiger partial charge is 0.295 e. The van der Waals surface area contributed by atoms with Crippen LogP contribution in [0.3, 0.4) is 0 Å². The Kier molecular flexibility index (Phi) is 7.60. The number of hydrogen-bond donors (Lipinski definition) is 1. The Hall–Kier alpha value is -3.52. The molecule has 2 heterocycles. The van der Waals surface area contributed by atoms with Crippen LogP contribution in [0.2, 0.25) is 0 Å². The summed E-state index contributed by atoms with van der Waals surface area (Å²) in [6.45, 7) is 4.50. The standard InChI is InChI=1S/C27H32N2O6/c1-4-5-14-33-20-9-6-18(7-10-20)24-23(26(31)27(32)29(24)13-12-28(2)3)25(30)19-8-11-21-22(17-19)35-16-15-34-21/h6-11,17,24,30H,4-5,12-16H2,1-3H3/b25-23-. The van der Waals surface area contributed by atoms with E-state index in [9.17, 15) is 14.7 Å². The second kappa shape index (κ2) is 10.8. The maximum Gasteiger partial charge on any atom is 0.295 e. The number of ketones is 1. The summed E-state index contributed by atoms with van der Waals surface area (Å²) in [7, 11) is 3.81. The quantitative estimate of drug-likeness (QED) is 0.254. The molecule has 1 unspecified atom stereocenters.